The smallest absolute Gasteiger partial charge is 0.330 e. The van der Waals surface area contributed by atoms with E-state index in [-0.39, 0.29) is 22.2 Å². The molecule has 0 heterocycles. The molecule has 0 aliphatic rings. The van der Waals surface area contributed by atoms with Gasteiger partial charge in [0, 0.05) is 10.6 Å². The van der Waals surface area contributed by atoms with Crippen molar-refractivity contribution in [1.82, 2.24) is 5.32 Å². The van der Waals surface area contributed by atoms with E-state index in [1.807, 2.05) is 0 Å². The number of rotatable bonds is 4. The van der Waals surface area contributed by atoms with Gasteiger partial charge in [-0.2, -0.15) is 0 Å². The summed E-state index contributed by atoms with van der Waals surface area (Å²) in [6.07, 6.45) is 5.15. The van der Waals surface area contributed by atoms with Crippen LogP contribution < -0.4 is 5.32 Å². The first kappa shape index (κ1) is 15.8. The maximum atomic E-state index is 13.6. The lowest BCUT2D eigenvalue weighted by Crippen LogP contribution is -2.47. The Morgan fingerprint density at radius 3 is 2.68 bits per heavy atom. The molecule has 0 saturated heterocycles. The first-order chi connectivity index (χ1) is 8.86. The number of benzene rings is 1. The zero-order chi connectivity index (χ0) is 14.6. The molecule has 0 fully saturated rings. The molecule has 0 bridgehead atoms. The van der Waals surface area contributed by atoms with Crippen molar-refractivity contribution in [2.45, 2.75) is 12.5 Å². The molecule has 1 rings (SSSR count). The SMILES string of the molecule is C#CCNC(C)(C(=O)OC)c1cc(F)c(Cl)cc1Cl. The molecule has 0 aliphatic carbocycles. The van der Waals surface area contributed by atoms with E-state index in [4.69, 9.17) is 34.4 Å². The van der Waals surface area contributed by atoms with Gasteiger partial charge in [-0.3, -0.25) is 5.32 Å². The number of esters is 1. The van der Waals surface area contributed by atoms with Gasteiger partial charge < -0.3 is 4.74 Å². The minimum atomic E-state index is -1.36. The summed E-state index contributed by atoms with van der Waals surface area (Å²) in [5.74, 6) is 1.02. The Morgan fingerprint density at radius 2 is 2.16 bits per heavy atom. The number of nitrogens with one attached hydrogen (secondary N) is 1. The first-order valence-corrected chi connectivity index (χ1v) is 6.04. The minimum absolute atomic E-state index is 0.0895. The fraction of sp³-hybridized carbons (Fsp3) is 0.308. The molecule has 1 aromatic carbocycles. The Morgan fingerprint density at radius 1 is 1.53 bits per heavy atom. The molecule has 102 valence electrons. The molecule has 1 atom stereocenters. The second-order valence-electron chi connectivity index (χ2n) is 3.92. The number of terminal acetylenes is 1. The summed E-state index contributed by atoms with van der Waals surface area (Å²) in [7, 11) is 1.22. The van der Waals surface area contributed by atoms with E-state index in [0.29, 0.717) is 0 Å². The topological polar surface area (TPSA) is 38.3 Å². The summed E-state index contributed by atoms with van der Waals surface area (Å²) in [6, 6.07) is 2.32. The molecule has 0 amide bonds. The molecule has 1 N–H and O–H groups in total. The summed E-state index contributed by atoms with van der Waals surface area (Å²) in [4.78, 5) is 11.9. The van der Waals surface area contributed by atoms with Gasteiger partial charge >= 0.3 is 5.97 Å². The van der Waals surface area contributed by atoms with Gasteiger partial charge in [0.25, 0.3) is 0 Å². The Kier molecular flexibility index (Phi) is 5.19. The van der Waals surface area contributed by atoms with Crippen molar-refractivity contribution >= 4 is 29.2 Å². The maximum Gasteiger partial charge on any atom is 0.330 e. The molecular formula is C13H12Cl2FNO2. The van der Waals surface area contributed by atoms with Gasteiger partial charge in [-0.25, -0.2) is 9.18 Å². The van der Waals surface area contributed by atoms with Crippen LogP contribution in [0.4, 0.5) is 4.39 Å². The highest BCUT2D eigenvalue weighted by Crippen LogP contribution is 2.33. The number of ether oxygens (including phenoxy) is 1. The predicted molar refractivity (Wildman–Crippen MR) is 72.6 cm³/mol. The molecule has 0 radical (unpaired) electrons. The number of carbonyl (C=O) groups excluding carboxylic acids is 1. The number of hydrogen-bond donors (Lipinski definition) is 1. The van der Waals surface area contributed by atoms with Crippen molar-refractivity contribution in [2.75, 3.05) is 13.7 Å². The fourth-order valence-corrected chi connectivity index (χ4v) is 2.19. The van der Waals surface area contributed by atoms with Crippen molar-refractivity contribution in [1.29, 1.82) is 0 Å². The first-order valence-electron chi connectivity index (χ1n) is 5.28. The number of hydrogen-bond acceptors (Lipinski definition) is 3. The van der Waals surface area contributed by atoms with Crippen molar-refractivity contribution in [2.24, 2.45) is 0 Å². The quantitative estimate of drug-likeness (QED) is 0.528. The number of halogens is 3. The minimum Gasteiger partial charge on any atom is -0.467 e. The molecule has 6 heteroatoms. The Bertz CT molecular complexity index is 542. The van der Waals surface area contributed by atoms with Crippen LogP contribution in [0.5, 0.6) is 0 Å². The van der Waals surface area contributed by atoms with Gasteiger partial charge in [-0.1, -0.05) is 29.1 Å². The molecule has 19 heavy (non-hydrogen) atoms. The second kappa shape index (κ2) is 6.25. The maximum absolute atomic E-state index is 13.6. The van der Waals surface area contributed by atoms with Crippen LogP contribution in [0.1, 0.15) is 12.5 Å². The average molecular weight is 304 g/mol. The number of methoxy groups -OCH3 is 1. The molecule has 3 nitrogen and oxygen atoms in total. The van der Waals surface area contributed by atoms with Crippen molar-refractivity contribution in [3.05, 3.63) is 33.6 Å². The highest BCUT2D eigenvalue weighted by atomic mass is 35.5. The van der Waals surface area contributed by atoms with E-state index in [2.05, 4.69) is 11.2 Å². The van der Waals surface area contributed by atoms with Crippen LogP contribution >= 0.6 is 23.2 Å². The van der Waals surface area contributed by atoms with Crippen molar-refractivity contribution in [3.8, 4) is 12.3 Å². The molecular weight excluding hydrogens is 292 g/mol. The highest BCUT2D eigenvalue weighted by molar-refractivity contribution is 6.35. The van der Waals surface area contributed by atoms with Gasteiger partial charge in [-0.15, -0.1) is 6.42 Å². The largest absolute Gasteiger partial charge is 0.467 e. The van der Waals surface area contributed by atoms with Crippen LogP contribution in [0.25, 0.3) is 0 Å². The molecule has 0 saturated carbocycles. The van der Waals surface area contributed by atoms with Gasteiger partial charge in [0.05, 0.1) is 18.7 Å². The van der Waals surface area contributed by atoms with E-state index in [1.54, 1.807) is 0 Å². The second-order valence-corrected chi connectivity index (χ2v) is 4.73. The van der Waals surface area contributed by atoms with Crippen LogP contribution in [-0.4, -0.2) is 19.6 Å². The van der Waals surface area contributed by atoms with Crippen LogP contribution in [0.3, 0.4) is 0 Å². The van der Waals surface area contributed by atoms with Crippen molar-refractivity contribution in [3.63, 3.8) is 0 Å². The lowest BCUT2D eigenvalue weighted by molar-refractivity contribution is -0.148. The number of carbonyl (C=O) groups is 1. The summed E-state index contributed by atoms with van der Waals surface area (Å²) < 4.78 is 18.3. The predicted octanol–water partition coefficient (Wildman–Crippen LogP) is 2.74. The van der Waals surface area contributed by atoms with Gasteiger partial charge in [0.2, 0.25) is 0 Å². The van der Waals surface area contributed by atoms with E-state index >= 15 is 0 Å². The summed E-state index contributed by atoms with van der Waals surface area (Å²) in [6.45, 7) is 1.59. The molecule has 0 aromatic heterocycles. The molecule has 0 aliphatic heterocycles. The average Bonchev–Trinajstić information content (AvgIpc) is 2.39. The third-order valence-electron chi connectivity index (χ3n) is 2.69. The van der Waals surface area contributed by atoms with Crippen LogP contribution in [-0.2, 0) is 15.1 Å². The monoisotopic (exact) mass is 303 g/mol. The van der Waals surface area contributed by atoms with Gasteiger partial charge in [0.1, 0.15) is 11.4 Å². The molecule has 1 aromatic rings. The van der Waals surface area contributed by atoms with E-state index in [0.717, 1.165) is 6.07 Å². The Hall–Kier alpha value is -1.28. The zero-order valence-corrected chi connectivity index (χ0v) is 11.9. The van der Waals surface area contributed by atoms with Crippen LogP contribution in [0.15, 0.2) is 12.1 Å². The van der Waals surface area contributed by atoms with Crippen molar-refractivity contribution < 1.29 is 13.9 Å². The fourth-order valence-electron chi connectivity index (χ4n) is 1.62. The Balaban J connectivity index is 3.37. The third kappa shape index (κ3) is 3.19. The van der Waals surface area contributed by atoms with Crippen LogP contribution in [0.2, 0.25) is 10.0 Å². The standard InChI is InChI=1S/C13H12Cl2FNO2/c1-4-5-17-13(2,12(18)19-3)8-6-11(16)10(15)7-9(8)14/h1,6-7,17H,5H2,2-3H3. The van der Waals surface area contributed by atoms with E-state index in [1.165, 1.54) is 20.1 Å². The lowest BCUT2D eigenvalue weighted by atomic mass is 9.91. The van der Waals surface area contributed by atoms with Gasteiger partial charge in [0.15, 0.2) is 0 Å². The third-order valence-corrected chi connectivity index (χ3v) is 3.29. The summed E-state index contributed by atoms with van der Waals surface area (Å²) >= 11 is 11.6. The van der Waals surface area contributed by atoms with E-state index in [9.17, 15) is 9.18 Å². The normalized spacial score (nSPS) is 13.5. The molecule has 1 unspecified atom stereocenters. The van der Waals surface area contributed by atoms with Crippen LogP contribution in [0, 0.1) is 18.2 Å². The highest BCUT2D eigenvalue weighted by Gasteiger charge is 2.38. The molecule has 0 spiro atoms. The summed E-state index contributed by atoms with van der Waals surface area (Å²) in [5, 5.41) is 2.81. The zero-order valence-electron chi connectivity index (χ0n) is 10.4. The van der Waals surface area contributed by atoms with E-state index < -0.39 is 17.3 Å². The summed E-state index contributed by atoms with van der Waals surface area (Å²) in [5.41, 5.74) is -1.15. The lowest BCUT2D eigenvalue weighted by Gasteiger charge is -2.28. The Labute approximate surface area is 121 Å². The van der Waals surface area contributed by atoms with Gasteiger partial charge in [-0.05, 0) is 19.1 Å².